The lowest BCUT2D eigenvalue weighted by molar-refractivity contribution is -0.120. The first-order valence-corrected chi connectivity index (χ1v) is 11.0. The zero-order valence-electron chi connectivity index (χ0n) is 18.4. The Morgan fingerprint density at radius 1 is 1.20 bits per heavy atom. The maximum atomic E-state index is 12.0. The number of benzene rings is 1. The summed E-state index contributed by atoms with van der Waals surface area (Å²) in [5.41, 5.74) is 6.28. The third-order valence-electron chi connectivity index (χ3n) is 5.04. The first-order chi connectivity index (χ1) is 16.6. The number of H-pyrrole nitrogens is 1. The van der Waals surface area contributed by atoms with Crippen LogP contribution < -0.4 is 10.6 Å². The minimum Gasteiger partial charge on any atom is -0.505 e. The highest BCUT2D eigenvalue weighted by atomic mass is 35.5. The molecular formula is C24H22ClF3N4O3. The molecular weight excluding hydrogens is 485 g/mol. The van der Waals surface area contributed by atoms with Crippen LogP contribution in [-0.4, -0.2) is 45.5 Å². The Bertz CT molecular complexity index is 1240. The Morgan fingerprint density at radius 2 is 1.94 bits per heavy atom. The SMILES string of the molecule is C=C(O)C(F)(F)F.O=C(CCl)NCc1cccc(-c2cc(-c3cc4c([nH]3)CCNC4=O)ccn2)c1. The van der Waals surface area contributed by atoms with Crippen molar-refractivity contribution >= 4 is 23.4 Å². The summed E-state index contributed by atoms with van der Waals surface area (Å²) in [7, 11) is 0. The van der Waals surface area contributed by atoms with E-state index in [9.17, 15) is 22.8 Å². The van der Waals surface area contributed by atoms with Gasteiger partial charge in [-0.05, 0) is 29.8 Å². The first-order valence-electron chi connectivity index (χ1n) is 10.4. The molecule has 0 bridgehead atoms. The van der Waals surface area contributed by atoms with Crippen LogP contribution in [0.1, 0.15) is 21.6 Å². The molecule has 0 spiro atoms. The number of nitrogens with zero attached hydrogens (tertiary/aromatic N) is 1. The Kier molecular flexibility index (Phi) is 8.18. The van der Waals surface area contributed by atoms with Gasteiger partial charge in [-0.2, -0.15) is 13.2 Å². The van der Waals surface area contributed by atoms with E-state index in [4.69, 9.17) is 16.7 Å². The predicted molar refractivity (Wildman–Crippen MR) is 126 cm³/mol. The summed E-state index contributed by atoms with van der Waals surface area (Å²) in [4.78, 5) is 31.2. The number of carbonyl (C=O) groups is 2. The molecule has 2 amide bonds. The lowest BCUT2D eigenvalue weighted by Gasteiger charge is -2.11. The van der Waals surface area contributed by atoms with E-state index in [0.717, 1.165) is 40.2 Å². The third-order valence-corrected chi connectivity index (χ3v) is 5.28. The fourth-order valence-electron chi connectivity index (χ4n) is 3.29. The molecule has 11 heteroatoms. The van der Waals surface area contributed by atoms with Gasteiger partial charge < -0.3 is 20.7 Å². The van der Waals surface area contributed by atoms with Crippen LogP contribution in [0.25, 0.3) is 22.5 Å². The second kappa shape index (κ2) is 11.1. The minimum atomic E-state index is -4.64. The van der Waals surface area contributed by atoms with Gasteiger partial charge in [0.25, 0.3) is 5.91 Å². The summed E-state index contributed by atoms with van der Waals surface area (Å²) in [5.74, 6) is -2.05. The van der Waals surface area contributed by atoms with Crippen molar-refractivity contribution in [3.05, 3.63) is 77.8 Å². The van der Waals surface area contributed by atoms with Gasteiger partial charge in [0, 0.05) is 48.2 Å². The molecule has 0 unspecified atom stereocenters. The average Bonchev–Trinajstić information content (AvgIpc) is 3.28. The van der Waals surface area contributed by atoms with Gasteiger partial charge in [-0.1, -0.05) is 24.8 Å². The quantitative estimate of drug-likeness (QED) is 0.302. The summed E-state index contributed by atoms with van der Waals surface area (Å²) in [5, 5.41) is 13.2. The van der Waals surface area contributed by atoms with Crippen LogP contribution in [0.2, 0.25) is 0 Å². The van der Waals surface area contributed by atoms with E-state index >= 15 is 0 Å². The molecule has 0 saturated carbocycles. The molecule has 7 nitrogen and oxygen atoms in total. The van der Waals surface area contributed by atoms with Gasteiger partial charge >= 0.3 is 6.18 Å². The Balaban J connectivity index is 0.000000429. The predicted octanol–water partition coefficient (Wildman–Crippen LogP) is 4.51. The third kappa shape index (κ3) is 6.86. The number of halogens is 4. The topological polar surface area (TPSA) is 107 Å². The van der Waals surface area contributed by atoms with Gasteiger partial charge in [0.1, 0.15) is 5.88 Å². The number of aliphatic hydroxyl groups is 1. The van der Waals surface area contributed by atoms with Gasteiger partial charge in [-0.25, -0.2) is 0 Å². The number of pyridine rings is 1. The molecule has 0 aliphatic carbocycles. The number of allylic oxidation sites excluding steroid dienone is 1. The number of carbonyl (C=O) groups excluding carboxylic acids is 2. The average molecular weight is 507 g/mol. The molecule has 1 aromatic carbocycles. The van der Waals surface area contributed by atoms with E-state index < -0.39 is 11.9 Å². The maximum absolute atomic E-state index is 12.0. The highest BCUT2D eigenvalue weighted by molar-refractivity contribution is 6.27. The molecule has 1 aliphatic heterocycles. The van der Waals surface area contributed by atoms with Crippen molar-refractivity contribution < 1.29 is 27.9 Å². The van der Waals surface area contributed by atoms with E-state index in [1.165, 1.54) is 0 Å². The number of nitrogens with one attached hydrogen (secondary N) is 3. The highest BCUT2D eigenvalue weighted by Gasteiger charge is 2.31. The molecule has 0 saturated heterocycles. The van der Waals surface area contributed by atoms with Crippen LogP contribution in [0.5, 0.6) is 0 Å². The molecule has 0 fully saturated rings. The van der Waals surface area contributed by atoms with Gasteiger partial charge in [-0.15, -0.1) is 11.6 Å². The zero-order valence-corrected chi connectivity index (χ0v) is 19.1. The molecule has 3 heterocycles. The van der Waals surface area contributed by atoms with E-state index in [1.54, 1.807) is 6.20 Å². The van der Waals surface area contributed by atoms with Crippen molar-refractivity contribution in [2.45, 2.75) is 19.1 Å². The molecule has 3 aromatic rings. The first kappa shape index (κ1) is 25.8. The van der Waals surface area contributed by atoms with Crippen LogP contribution >= 0.6 is 11.6 Å². The van der Waals surface area contributed by atoms with Crippen molar-refractivity contribution in [3.63, 3.8) is 0 Å². The van der Waals surface area contributed by atoms with Crippen LogP contribution in [0.15, 0.2) is 61.0 Å². The second-order valence-corrected chi connectivity index (χ2v) is 7.83. The lowest BCUT2D eigenvalue weighted by atomic mass is 10.0. The number of hydrogen-bond acceptors (Lipinski definition) is 4. The Hall–Kier alpha value is -3.79. The molecule has 184 valence electrons. The maximum Gasteiger partial charge on any atom is 0.448 e. The number of alkyl halides is 4. The molecule has 2 aromatic heterocycles. The van der Waals surface area contributed by atoms with E-state index in [-0.39, 0.29) is 17.7 Å². The second-order valence-electron chi connectivity index (χ2n) is 7.57. The standard InChI is InChI=1S/C21H19ClN4O2.C3H3F3O/c22-11-20(27)25-12-13-2-1-3-14(8-13)18-9-15(4-6-23-18)19-10-16-17(26-19)5-7-24-21(16)28;1-2(7)3(4,5)6/h1-4,6,8-10,26H,5,7,11-12H2,(H,24,28)(H,25,27);7H,1H2. The minimum absolute atomic E-state index is 0.0373. The monoisotopic (exact) mass is 506 g/mol. The summed E-state index contributed by atoms with van der Waals surface area (Å²) in [6.45, 7) is 3.32. The van der Waals surface area contributed by atoms with E-state index in [0.29, 0.717) is 18.7 Å². The van der Waals surface area contributed by atoms with Gasteiger partial charge in [0.15, 0.2) is 5.76 Å². The number of amides is 2. The smallest absolute Gasteiger partial charge is 0.448 e. The van der Waals surface area contributed by atoms with Crippen LogP contribution in [0, 0.1) is 0 Å². The fraction of sp³-hybridized carbons (Fsp3) is 0.208. The molecule has 0 atom stereocenters. The largest absolute Gasteiger partial charge is 0.505 e. The van der Waals surface area contributed by atoms with Crippen molar-refractivity contribution in [3.8, 4) is 22.5 Å². The fourth-order valence-corrected chi connectivity index (χ4v) is 3.39. The molecule has 4 rings (SSSR count). The van der Waals surface area contributed by atoms with Gasteiger partial charge in [-0.3, -0.25) is 14.6 Å². The van der Waals surface area contributed by atoms with Gasteiger partial charge in [0.05, 0.1) is 11.3 Å². The highest BCUT2D eigenvalue weighted by Crippen LogP contribution is 2.27. The lowest BCUT2D eigenvalue weighted by Crippen LogP contribution is -2.31. The number of aromatic amines is 1. The van der Waals surface area contributed by atoms with Crippen molar-refractivity contribution in [1.29, 1.82) is 0 Å². The Morgan fingerprint density at radius 3 is 2.60 bits per heavy atom. The summed E-state index contributed by atoms with van der Waals surface area (Å²) < 4.78 is 32.5. The van der Waals surface area contributed by atoms with Gasteiger partial charge in [0.2, 0.25) is 5.91 Å². The molecule has 1 aliphatic rings. The van der Waals surface area contributed by atoms with E-state index in [2.05, 4.69) is 27.2 Å². The normalized spacial score (nSPS) is 12.6. The van der Waals surface area contributed by atoms with Crippen molar-refractivity contribution in [2.24, 2.45) is 0 Å². The number of fused-ring (bicyclic) bond motifs is 1. The van der Waals surface area contributed by atoms with Crippen LogP contribution in [0.3, 0.4) is 0 Å². The zero-order chi connectivity index (χ0) is 25.6. The summed E-state index contributed by atoms with van der Waals surface area (Å²) >= 11 is 5.52. The van der Waals surface area contributed by atoms with E-state index in [1.807, 2.05) is 42.5 Å². The summed E-state index contributed by atoms with van der Waals surface area (Å²) in [6, 6.07) is 13.7. The summed E-state index contributed by atoms with van der Waals surface area (Å²) in [6.07, 6.45) is -2.08. The number of hydrogen-bond donors (Lipinski definition) is 4. The molecule has 4 N–H and O–H groups in total. The van der Waals surface area contributed by atoms with Crippen LogP contribution in [0.4, 0.5) is 13.2 Å². The number of aliphatic hydroxyl groups excluding tert-OH is 1. The van der Waals surface area contributed by atoms with Crippen molar-refractivity contribution in [1.82, 2.24) is 20.6 Å². The van der Waals surface area contributed by atoms with Crippen molar-refractivity contribution in [2.75, 3.05) is 12.4 Å². The molecule has 35 heavy (non-hydrogen) atoms. The Labute approximate surface area is 204 Å². The number of aromatic nitrogens is 2. The van der Waals surface area contributed by atoms with Crippen LogP contribution in [-0.2, 0) is 17.8 Å². The molecule has 0 radical (unpaired) electrons. The number of rotatable bonds is 5.